The number of nitrogens with zero attached hydrogens (tertiary/aromatic N) is 3. The molecule has 2 heterocycles. The molecular weight excluding hydrogens is 245 g/mol. The Hall–Kier alpha value is -2.56. The van der Waals surface area contributed by atoms with Crippen LogP contribution in [0.1, 0.15) is 21.7 Å². The van der Waals surface area contributed by atoms with Gasteiger partial charge in [-0.3, -0.25) is 9.20 Å². The summed E-state index contributed by atoms with van der Waals surface area (Å²) in [7, 11) is 0. The number of aldehydes is 1. The van der Waals surface area contributed by atoms with Gasteiger partial charge in [0.05, 0.1) is 0 Å². The van der Waals surface area contributed by atoms with Gasteiger partial charge in [-0.05, 0) is 23.8 Å². The SMILES string of the molecule is O=Cc1ccn2c(Cc3ccccc3F)nnc2c1. The van der Waals surface area contributed by atoms with Crippen LogP contribution in [-0.4, -0.2) is 20.9 Å². The standard InChI is InChI=1S/C14H10FN3O/c15-12-4-2-1-3-11(12)8-14-17-16-13-7-10(9-19)5-6-18(13)14/h1-7,9H,8H2. The van der Waals surface area contributed by atoms with Crippen LogP contribution in [0.25, 0.3) is 5.65 Å². The van der Waals surface area contributed by atoms with Crippen molar-refractivity contribution in [1.29, 1.82) is 0 Å². The molecule has 3 aromatic rings. The molecule has 0 N–H and O–H groups in total. The Morgan fingerprint density at radius 2 is 2.05 bits per heavy atom. The first-order chi connectivity index (χ1) is 9.28. The fraction of sp³-hybridized carbons (Fsp3) is 0.0714. The van der Waals surface area contributed by atoms with Crippen LogP contribution in [0.5, 0.6) is 0 Å². The van der Waals surface area contributed by atoms with Gasteiger partial charge in [-0.15, -0.1) is 10.2 Å². The summed E-state index contributed by atoms with van der Waals surface area (Å²) < 4.78 is 15.3. The topological polar surface area (TPSA) is 47.3 Å². The quantitative estimate of drug-likeness (QED) is 0.674. The lowest BCUT2D eigenvalue weighted by atomic mass is 10.1. The number of fused-ring (bicyclic) bond motifs is 1. The number of rotatable bonds is 3. The summed E-state index contributed by atoms with van der Waals surface area (Å²) in [5, 5.41) is 8.02. The van der Waals surface area contributed by atoms with E-state index in [4.69, 9.17) is 0 Å². The van der Waals surface area contributed by atoms with Gasteiger partial charge in [0.1, 0.15) is 17.9 Å². The van der Waals surface area contributed by atoms with E-state index in [1.807, 2.05) is 0 Å². The molecule has 0 bridgehead atoms. The molecule has 0 amide bonds. The molecule has 0 atom stereocenters. The zero-order chi connectivity index (χ0) is 13.2. The Bertz CT molecular complexity index is 751. The van der Waals surface area contributed by atoms with E-state index in [9.17, 15) is 9.18 Å². The number of carbonyl (C=O) groups is 1. The number of halogens is 1. The molecule has 0 fully saturated rings. The molecule has 4 nitrogen and oxygen atoms in total. The minimum Gasteiger partial charge on any atom is -0.298 e. The van der Waals surface area contributed by atoms with Crippen molar-refractivity contribution in [2.24, 2.45) is 0 Å². The molecule has 2 aromatic heterocycles. The summed E-state index contributed by atoms with van der Waals surface area (Å²) >= 11 is 0. The average Bonchev–Trinajstić information content (AvgIpc) is 2.83. The zero-order valence-corrected chi connectivity index (χ0v) is 9.95. The van der Waals surface area contributed by atoms with Crippen LogP contribution in [0.4, 0.5) is 4.39 Å². The number of hydrogen-bond acceptors (Lipinski definition) is 3. The van der Waals surface area contributed by atoms with Crippen molar-refractivity contribution in [3.63, 3.8) is 0 Å². The second-order valence-corrected chi connectivity index (χ2v) is 4.19. The van der Waals surface area contributed by atoms with Crippen molar-refractivity contribution >= 4 is 11.9 Å². The van der Waals surface area contributed by atoms with Crippen molar-refractivity contribution in [2.75, 3.05) is 0 Å². The lowest BCUT2D eigenvalue weighted by molar-refractivity contribution is 0.112. The smallest absolute Gasteiger partial charge is 0.161 e. The summed E-state index contributed by atoms with van der Waals surface area (Å²) in [5.74, 6) is 0.376. The normalized spacial score (nSPS) is 10.8. The number of hydrogen-bond donors (Lipinski definition) is 0. The van der Waals surface area contributed by atoms with Gasteiger partial charge in [-0.2, -0.15) is 0 Å². The highest BCUT2D eigenvalue weighted by atomic mass is 19.1. The minimum atomic E-state index is -0.260. The molecule has 1 aromatic carbocycles. The maximum absolute atomic E-state index is 13.6. The minimum absolute atomic E-state index is 0.260. The molecule has 0 saturated carbocycles. The van der Waals surface area contributed by atoms with E-state index in [2.05, 4.69) is 10.2 Å². The first-order valence-electron chi connectivity index (χ1n) is 5.80. The van der Waals surface area contributed by atoms with E-state index < -0.39 is 0 Å². The van der Waals surface area contributed by atoms with Gasteiger partial charge in [0.15, 0.2) is 5.65 Å². The van der Waals surface area contributed by atoms with E-state index in [1.165, 1.54) is 6.07 Å². The summed E-state index contributed by atoms with van der Waals surface area (Å²) in [5.41, 5.74) is 1.68. The van der Waals surface area contributed by atoms with Crippen molar-refractivity contribution in [3.8, 4) is 0 Å². The van der Waals surface area contributed by atoms with Crippen LogP contribution in [0.3, 0.4) is 0 Å². The zero-order valence-electron chi connectivity index (χ0n) is 9.95. The molecule has 0 unspecified atom stereocenters. The van der Waals surface area contributed by atoms with Crippen molar-refractivity contribution in [3.05, 3.63) is 65.4 Å². The summed E-state index contributed by atoms with van der Waals surface area (Å²) in [6.07, 6.45) is 2.83. The molecule has 3 rings (SSSR count). The second-order valence-electron chi connectivity index (χ2n) is 4.19. The predicted molar refractivity (Wildman–Crippen MR) is 67.6 cm³/mol. The largest absolute Gasteiger partial charge is 0.298 e. The third kappa shape index (κ3) is 2.10. The molecule has 0 spiro atoms. The number of pyridine rings is 1. The van der Waals surface area contributed by atoms with Crippen LogP contribution >= 0.6 is 0 Å². The molecule has 0 radical (unpaired) electrons. The van der Waals surface area contributed by atoms with E-state index >= 15 is 0 Å². The Kier molecular flexibility index (Phi) is 2.79. The predicted octanol–water partition coefficient (Wildman–Crippen LogP) is 2.27. The Morgan fingerprint density at radius 3 is 2.84 bits per heavy atom. The highest BCUT2D eigenvalue weighted by molar-refractivity contribution is 5.76. The van der Waals surface area contributed by atoms with E-state index in [0.29, 0.717) is 29.0 Å². The molecule has 0 aliphatic rings. The summed E-state index contributed by atoms with van der Waals surface area (Å²) in [6.45, 7) is 0. The monoisotopic (exact) mass is 255 g/mol. The molecule has 5 heteroatoms. The summed E-state index contributed by atoms with van der Waals surface area (Å²) in [4.78, 5) is 10.7. The van der Waals surface area contributed by atoms with E-state index in [1.54, 1.807) is 40.9 Å². The Balaban J connectivity index is 2.02. The first-order valence-corrected chi connectivity index (χ1v) is 5.80. The third-order valence-corrected chi connectivity index (χ3v) is 2.95. The number of benzene rings is 1. The highest BCUT2D eigenvalue weighted by Crippen LogP contribution is 2.13. The van der Waals surface area contributed by atoms with Crippen LogP contribution in [0.15, 0.2) is 42.6 Å². The maximum atomic E-state index is 13.6. The molecular formula is C14H10FN3O. The lowest BCUT2D eigenvalue weighted by Gasteiger charge is -2.02. The Labute approximate surface area is 108 Å². The maximum Gasteiger partial charge on any atom is 0.161 e. The molecule has 19 heavy (non-hydrogen) atoms. The van der Waals surface area contributed by atoms with Crippen molar-refractivity contribution in [2.45, 2.75) is 6.42 Å². The van der Waals surface area contributed by atoms with Crippen LogP contribution in [-0.2, 0) is 6.42 Å². The molecule has 0 aliphatic heterocycles. The van der Waals surface area contributed by atoms with Gasteiger partial charge < -0.3 is 0 Å². The second kappa shape index (κ2) is 4.61. The lowest BCUT2D eigenvalue weighted by Crippen LogP contribution is -1.98. The Morgan fingerprint density at radius 1 is 1.21 bits per heavy atom. The van der Waals surface area contributed by atoms with Gasteiger partial charge in [-0.1, -0.05) is 18.2 Å². The van der Waals surface area contributed by atoms with Crippen LogP contribution in [0, 0.1) is 5.82 Å². The van der Waals surface area contributed by atoms with Gasteiger partial charge in [0, 0.05) is 18.2 Å². The third-order valence-electron chi connectivity index (χ3n) is 2.95. The number of carbonyl (C=O) groups excluding carboxylic acids is 1. The summed E-state index contributed by atoms with van der Waals surface area (Å²) in [6, 6.07) is 9.89. The average molecular weight is 255 g/mol. The van der Waals surface area contributed by atoms with Gasteiger partial charge in [-0.25, -0.2) is 4.39 Å². The fourth-order valence-electron chi connectivity index (χ4n) is 1.96. The van der Waals surface area contributed by atoms with Gasteiger partial charge >= 0.3 is 0 Å². The van der Waals surface area contributed by atoms with E-state index in [0.717, 1.165) is 6.29 Å². The molecule has 94 valence electrons. The fourth-order valence-corrected chi connectivity index (χ4v) is 1.96. The van der Waals surface area contributed by atoms with Crippen molar-refractivity contribution < 1.29 is 9.18 Å². The van der Waals surface area contributed by atoms with Gasteiger partial charge in [0.25, 0.3) is 0 Å². The first kappa shape index (κ1) is 11.5. The highest BCUT2D eigenvalue weighted by Gasteiger charge is 2.09. The van der Waals surface area contributed by atoms with Crippen molar-refractivity contribution in [1.82, 2.24) is 14.6 Å². The number of aromatic nitrogens is 3. The van der Waals surface area contributed by atoms with Crippen LogP contribution < -0.4 is 0 Å². The molecule has 0 aliphatic carbocycles. The van der Waals surface area contributed by atoms with Crippen LogP contribution in [0.2, 0.25) is 0 Å². The van der Waals surface area contributed by atoms with Gasteiger partial charge in [0.2, 0.25) is 0 Å². The molecule has 0 saturated heterocycles. The van der Waals surface area contributed by atoms with E-state index in [-0.39, 0.29) is 5.82 Å².